The molecule has 1 heterocycles. The number of alkyl halides is 2. The van der Waals surface area contributed by atoms with Gasteiger partial charge in [0.05, 0.1) is 11.5 Å². The number of hydrogen-bond donors (Lipinski definition) is 0. The zero-order valence-corrected chi connectivity index (χ0v) is 23.6. The lowest BCUT2D eigenvalue weighted by atomic mass is 10.1. The topological polar surface area (TPSA) is 35.5 Å². The van der Waals surface area contributed by atoms with Gasteiger partial charge in [0, 0.05) is 39.4 Å². The van der Waals surface area contributed by atoms with Crippen molar-refractivity contribution in [2.75, 3.05) is 0 Å². The van der Waals surface area contributed by atoms with Crippen LogP contribution < -0.4 is 5.30 Å². The Hall–Kier alpha value is -0.0762. The van der Waals surface area contributed by atoms with Gasteiger partial charge in [0.25, 0.3) is 0 Å². The second-order valence-corrected chi connectivity index (χ2v) is 22.8. The molecule has 28 heavy (non-hydrogen) atoms. The van der Waals surface area contributed by atoms with E-state index in [1.165, 1.54) is 0 Å². The molecule has 0 radical (unpaired) electrons. The van der Waals surface area contributed by atoms with Gasteiger partial charge in [-0.05, 0) is 39.3 Å². The first kappa shape index (κ1) is 24.2. The Kier molecular flexibility index (Phi) is 8.10. The van der Waals surface area contributed by atoms with Crippen molar-refractivity contribution in [1.29, 1.82) is 0 Å². The minimum absolute atomic E-state index is 0.158. The SMILES string of the molecule is C[Si](C)(C)O/C1=C/P(=O)(c2ccccc2)/C=C(/O[Si](C)(C)C)C[C@@H](Br)[C@H](Br)C1. The average molecular weight is 566 g/mol. The molecule has 0 fully saturated rings. The van der Waals surface area contributed by atoms with Gasteiger partial charge in [-0.25, -0.2) is 0 Å². The van der Waals surface area contributed by atoms with E-state index < -0.39 is 23.8 Å². The van der Waals surface area contributed by atoms with E-state index in [0.29, 0.717) is 12.8 Å². The van der Waals surface area contributed by atoms with Gasteiger partial charge in [-0.2, -0.15) is 0 Å². The lowest BCUT2D eigenvalue weighted by Crippen LogP contribution is -2.28. The molecule has 156 valence electrons. The molecular formula is C20H31Br2O3PSi2. The van der Waals surface area contributed by atoms with Gasteiger partial charge in [-0.1, -0.05) is 62.2 Å². The van der Waals surface area contributed by atoms with E-state index in [0.717, 1.165) is 16.8 Å². The first-order valence-corrected chi connectivity index (χ1v) is 20.0. The van der Waals surface area contributed by atoms with Gasteiger partial charge >= 0.3 is 0 Å². The molecule has 0 saturated carbocycles. The third kappa shape index (κ3) is 7.64. The summed E-state index contributed by atoms with van der Waals surface area (Å²) in [6.07, 6.45) is 1.37. The van der Waals surface area contributed by atoms with Crippen LogP contribution >= 0.6 is 39.0 Å². The van der Waals surface area contributed by atoms with E-state index in [-0.39, 0.29) is 9.65 Å². The summed E-state index contributed by atoms with van der Waals surface area (Å²) in [6.45, 7) is 12.9. The van der Waals surface area contributed by atoms with Crippen LogP contribution in [0.3, 0.4) is 0 Å². The molecule has 0 unspecified atom stereocenters. The first-order chi connectivity index (χ1) is 12.8. The lowest BCUT2D eigenvalue weighted by molar-refractivity contribution is 0.385. The van der Waals surface area contributed by atoms with Gasteiger partial charge in [0.15, 0.2) is 7.14 Å². The molecule has 1 aromatic carbocycles. The summed E-state index contributed by atoms with van der Waals surface area (Å²) in [4.78, 5) is 0.317. The fraction of sp³-hybridized carbons (Fsp3) is 0.500. The molecule has 1 aromatic rings. The van der Waals surface area contributed by atoms with Gasteiger partial charge in [0.2, 0.25) is 16.6 Å². The van der Waals surface area contributed by atoms with Crippen LogP contribution in [0, 0.1) is 0 Å². The largest absolute Gasteiger partial charge is 0.547 e. The minimum atomic E-state index is -2.97. The van der Waals surface area contributed by atoms with Crippen LogP contribution in [0.2, 0.25) is 39.3 Å². The Morgan fingerprint density at radius 1 is 0.821 bits per heavy atom. The predicted molar refractivity (Wildman–Crippen MR) is 133 cm³/mol. The first-order valence-electron chi connectivity index (χ1n) is 9.52. The Morgan fingerprint density at radius 3 is 1.57 bits per heavy atom. The predicted octanol–water partition coefficient (Wildman–Crippen LogP) is 7.38. The Bertz CT molecular complexity index is 739. The van der Waals surface area contributed by atoms with Crippen LogP contribution in [0.15, 0.2) is 53.5 Å². The van der Waals surface area contributed by atoms with Crippen molar-refractivity contribution in [3.63, 3.8) is 0 Å². The Morgan fingerprint density at radius 2 is 1.21 bits per heavy atom. The van der Waals surface area contributed by atoms with Crippen molar-refractivity contribution >= 4 is 60.9 Å². The van der Waals surface area contributed by atoms with Gasteiger partial charge in [0.1, 0.15) is 0 Å². The maximum absolute atomic E-state index is 14.3. The molecule has 0 spiro atoms. The number of halogens is 2. The quantitative estimate of drug-likeness (QED) is 0.212. The maximum Gasteiger partial charge on any atom is 0.241 e. The van der Waals surface area contributed by atoms with Crippen LogP contribution in [0.4, 0.5) is 0 Å². The average Bonchev–Trinajstić information content (AvgIpc) is 2.55. The summed E-state index contributed by atoms with van der Waals surface area (Å²) >= 11 is 7.62. The molecule has 0 aromatic heterocycles. The van der Waals surface area contributed by atoms with E-state index in [1.54, 1.807) is 0 Å². The molecule has 0 amide bonds. The number of hydrogen-bond acceptors (Lipinski definition) is 3. The summed E-state index contributed by atoms with van der Waals surface area (Å²) in [5.74, 6) is 5.35. The normalized spacial score (nSPS) is 27.3. The molecule has 0 saturated heterocycles. The highest BCUT2D eigenvalue weighted by Crippen LogP contribution is 2.52. The molecule has 0 N–H and O–H groups in total. The Labute approximate surface area is 188 Å². The highest BCUT2D eigenvalue weighted by molar-refractivity contribution is 9.12. The highest BCUT2D eigenvalue weighted by Gasteiger charge is 2.32. The zero-order valence-electron chi connectivity index (χ0n) is 17.5. The van der Waals surface area contributed by atoms with Crippen LogP contribution in [0.1, 0.15) is 12.8 Å². The fourth-order valence-electron chi connectivity index (χ4n) is 2.94. The van der Waals surface area contributed by atoms with E-state index in [2.05, 4.69) is 71.1 Å². The summed E-state index contributed by atoms with van der Waals surface area (Å²) in [5, 5.41) is 0.808. The lowest BCUT2D eigenvalue weighted by Gasteiger charge is -2.26. The van der Waals surface area contributed by atoms with Crippen molar-refractivity contribution in [3.05, 3.63) is 53.5 Å². The number of rotatable bonds is 5. The van der Waals surface area contributed by atoms with Crippen molar-refractivity contribution in [2.24, 2.45) is 0 Å². The van der Waals surface area contributed by atoms with Crippen LogP contribution in [0.5, 0.6) is 0 Å². The second kappa shape index (κ2) is 9.38. The van der Waals surface area contributed by atoms with E-state index in [4.69, 9.17) is 8.85 Å². The number of benzene rings is 1. The summed E-state index contributed by atoms with van der Waals surface area (Å²) in [5.41, 5.74) is 0. The molecule has 2 atom stereocenters. The van der Waals surface area contributed by atoms with Gasteiger partial charge < -0.3 is 13.4 Å². The zero-order chi connectivity index (χ0) is 21.2. The van der Waals surface area contributed by atoms with E-state index in [1.807, 2.05) is 42.0 Å². The third-order valence-electron chi connectivity index (χ3n) is 3.89. The molecule has 0 bridgehead atoms. The van der Waals surface area contributed by atoms with Crippen molar-refractivity contribution in [1.82, 2.24) is 0 Å². The highest BCUT2D eigenvalue weighted by atomic mass is 79.9. The molecule has 1 aliphatic heterocycles. The maximum atomic E-state index is 14.3. The Balaban J connectivity index is 2.64. The van der Waals surface area contributed by atoms with Crippen molar-refractivity contribution in [3.8, 4) is 0 Å². The molecule has 1 aliphatic rings. The van der Waals surface area contributed by atoms with Crippen LogP contribution in [-0.2, 0) is 13.4 Å². The molecular weight excluding hydrogens is 535 g/mol. The van der Waals surface area contributed by atoms with E-state index in [9.17, 15) is 4.57 Å². The standard InChI is InChI=1S/C20H31Br2O3PSi2/c1-27(2,3)24-16-12-19(21)20(22)13-17(25-28(4,5)6)15-26(23,14-16)18-10-8-7-9-11-18/h7-11,14-15,19-20H,12-13H2,1-6H3/b16-14+,17-15+/t19-,20-/m1/s1. The molecule has 2 rings (SSSR count). The molecule has 0 aliphatic carbocycles. The second-order valence-electron chi connectivity index (χ2n) is 9.10. The monoisotopic (exact) mass is 564 g/mol. The minimum Gasteiger partial charge on any atom is -0.547 e. The molecule has 8 heteroatoms. The number of allylic oxidation sites excluding steroid dienone is 2. The van der Waals surface area contributed by atoms with Crippen molar-refractivity contribution < 1.29 is 13.4 Å². The van der Waals surface area contributed by atoms with Crippen LogP contribution in [0.25, 0.3) is 0 Å². The third-order valence-corrected chi connectivity index (χ3v) is 10.7. The van der Waals surface area contributed by atoms with Gasteiger partial charge in [-0.3, -0.25) is 0 Å². The summed E-state index contributed by atoms with van der Waals surface area (Å²) in [7, 11) is -6.66. The van der Waals surface area contributed by atoms with Gasteiger partial charge in [-0.15, -0.1) is 0 Å². The summed E-state index contributed by atoms with van der Waals surface area (Å²) in [6, 6.07) is 9.67. The van der Waals surface area contributed by atoms with E-state index >= 15 is 0 Å². The summed E-state index contributed by atoms with van der Waals surface area (Å²) < 4.78 is 27.0. The smallest absolute Gasteiger partial charge is 0.241 e. The fourth-order valence-corrected chi connectivity index (χ4v) is 8.19. The van der Waals surface area contributed by atoms with Crippen molar-refractivity contribution in [2.45, 2.75) is 61.8 Å². The van der Waals surface area contributed by atoms with Crippen LogP contribution in [-0.4, -0.2) is 26.3 Å². The molecule has 3 nitrogen and oxygen atoms in total.